The fourth-order valence-electron chi connectivity index (χ4n) is 7.09. The van der Waals surface area contributed by atoms with Crippen LogP contribution in [0.5, 0.6) is 0 Å². The van der Waals surface area contributed by atoms with E-state index in [4.69, 9.17) is 0 Å². The molecule has 0 bridgehead atoms. The smallest absolute Gasteiger partial charge is 0.390 e. The van der Waals surface area contributed by atoms with Crippen LogP contribution in [0.1, 0.15) is 46.0 Å². The van der Waals surface area contributed by atoms with Crippen LogP contribution in [-0.4, -0.2) is 47.7 Å². The number of rotatable bonds is 5. The molecule has 0 spiro atoms. The summed E-state index contributed by atoms with van der Waals surface area (Å²) >= 11 is 0. The van der Waals surface area contributed by atoms with Gasteiger partial charge in [-0.1, -0.05) is 66.7 Å². The summed E-state index contributed by atoms with van der Waals surface area (Å²) in [5.41, 5.74) is 0.808. The van der Waals surface area contributed by atoms with Crippen molar-refractivity contribution in [2.24, 2.45) is 7.05 Å². The lowest BCUT2D eigenvalue weighted by molar-refractivity contribution is -0.141. The number of carbonyl (C=O) groups excluding carboxylic acids is 2. The molecule has 45 heavy (non-hydrogen) atoms. The minimum absolute atomic E-state index is 0.0621. The third kappa shape index (κ3) is 4.40. The Balaban J connectivity index is 1.38. The van der Waals surface area contributed by atoms with E-state index in [0.717, 1.165) is 6.33 Å². The van der Waals surface area contributed by atoms with Crippen molar-refractivity contribution in [3.63, 3.8) is 0 Å². The largest absolute Gasteiger partial charge is 0.406 e. The maximum atomic E-state index is 13.5. The molecular formula is C34H27F3N4O4. The van der Waals surface area contributed by atoms with Gasteiger partial charge in [-0.15, -0.1) is 0 Å². The number of hydrogen-bond acceptors (Lipinski definition) is 5. The predicted molar refractivity (Wildman–Crippen MR) is 160 cm³/mol. The lowest BCUT2D eigenvalue weighted by atomic mass is 9.61. The average Bonchev–Trinajstić information content (AvgIpc) is 3.43. The van der Waals surface area contributed by atoms with E-state index in [1.165, 1.54) is 4.90 Å². The number of imide groups is 1. The van der Waals surface area contributed by atoms with E-state index in [1.807, 2.05) is 0 Å². The van der Waals surface area contributed by atoms with Crippen LogP contribution in [0, 0.1) is 0 Å². The van der Waals surface area contributed by atoms with Crippen molar-refractivity contribution in [2.45, 2.75) is 43.6 Å². The van der Waals surface area contributed by atoms with Gasteiger partial charge in [0.05, 0.1) is 33.3 Å². The number of amides is 2. The second kappa shape index (κ2) is 9.73. The highest BCUT2D eigenvalue weighted by molar-refractivity contribution is 6.22. The number of aliphatic hydroxyl groups is 1. The number of carbonyl (C=O) groups is 2. The summed E-state index contributed by atoms with van der Waals surface area (Å²) in [6.45, 7) is 0.198. The van der Waals surface area contributed by atoms with Gasteiger partial charge in [0.25, 0.3) is 17.4 Å². The van der Waals surface area contributed by atoms with Crippen LogP contribution in [0.3, 0.4) is 0 Å². The first-order chi connectivity index (χ1) is 21.3. The molecular weight excluding hydrogens is 585 g/mol. The number of halogens is 3. The van der Waals surface area contributed by atoms with Crippen molar-refractivity contribution in [3.8, 4) is 22.4 Å². The highest BCUT2D eigenvalue weighted by atomic mass is 19.4. The molecule has 0 radical (unpaired) electrons. The Bertz CT molecular complexity index is 2040. The summed E-state index contributed by atoms with van der Waals surface area (Å²) in [6.07, 6.45) is -3.40. The fourth-order valence-corrected chi connectivity index (χ4v) is 7.09. The van der Waals surface area contributed by atoms with Gasteiger partial charge in [-0.3, -0.25) is 23.9 Å². The zero-order valence-electron chi connectivity index (χ0n) is 24.3. The van der Waals surface area contributed by atoms with E-state index >= 15 is 0 Å². The minimum Gasteiger partial charge on any atom is -0.390 e. The van der Waals surface area contributed by atoms with Crippen molar-refractivity contribution in [2.75, 3.05) is 0 Å². The standard InChI is InChI=1S/C34H27F3N4O4/c1-32(45)16-33(17-32,41-29(42)23-10-6-7-11-24(23)30(41)43)22-14-12-21(13-15-22)27-25(20-8-4-3-5-9-20)26-28(39(27)2)38-19-40(31(26)44)18-34(35,36)37/h3-15,19,45H,16-18H2,1-2H3. The lowest BCUT2D eigenvalue weighted by Crippen LogP contribution is -2.63. The number of benzene rings is 3. The minimum atomic E-state index is -4.61. The van der Waals surface area contributed by atoms with Crippen molar-refractivity contribution < 1.29 is 27.9 Å². The van der Waals surface area contributed by atoms with Crippen LogP contribution >= 0.6 is 0 Å². The number of nitrogens with zero attached hydrogens (tertiary/aromatic N) is 4. The summed E-state index contributed by atoms with van der Waals surface area (Å²) in [5.74, 6) is -0.840. The number of fused-ring (bicyclic) bond motifs is 2. The Kier molecular flexibility index (Phi) is 6.21. The molecule has 5 aromatic rings. The first-order valence-electron chi connectivity index (χ1n) is 14.3. The SMILES string of the molecule is Cn1c(-c2ccc(C3(N4C(=O)c5ccccc5C4=O)CC(C)(O)C3)cc2)c(-c2ccccc2)c2c(=O)n(CC(F)(F)F)cnc21. The molecule has 0 atom stereocenters. The summed E-state index contributed by atoms with van der Waals surface area (Å²) in [5, 5.41) is 10.9. The average molecular weight is 613 g/mol. The molecule has 1 aliphatic heterocycles. The molecule has 1 fully saturated rings. The Morgan fingerprint density at radius 1 is 0.844 bits per heavy atom. The zero-order chi connectivity index (χ0) is 31.9. The summed E-state index contributed by atoms with van der Waals surface area (Å²) in [7, 11) is 1.70. The first kappa shape index (κ1) is 28.7. The summed E-state index contributed by atoms with van der Waals surface area (Å²) in [6, 6.07) is 22.7. The normalized spacial score (nSPS) is 21.3. The highest BCUT2D eigenvalue weighted by Crippen LogP contribution is 2.54. The Labute approximate surface area is 255 Å². The van der Waals surface area contributed by atoms with Crippen LogP contribution in [-0.2, 0) is 19.1 Å². The van der Waals surface area contributed by atoms with Gasteiger partial charge in [0.2, 0.25) is 0 Å². The van der Waals surface area contributed by atoms with Gasteiger partial charge >= 0.3 is 6.18 Å². The maximum absolute atomic E-state index is 13.5. The van der Waals surface area contributed by atoms with Gasteiger partial charge in [-0.05, 0) is 35.7 Å². The molecule has 2 amide bonds. The Hall–Kier alpha value is -5.03. The maximum Gasteiger partial charge on any atom is 0.406 e. The number of hydrogen-bond donors (Lipinski definition) is 1. The summed E-state index contributed by atoms with van der Waals surface area (Å²) < 4.78 is 42.1. The van der Waals surface area contributed by atoms with Gasteiger partial charge in [0.15, 0.2) is 0 Å². The zero-order valence-corrected chi connectivity index (χ0v) is 24.3. The van der Waals surface area contributed by atoms with E-state index in [-0.39, 0.29) is 23.9 Å². The molecule has 1 aliphatic carbocycles. The third-order valence-corrected chi connectivity index (χ3v) is 8.83. The van der Waals surface area contributed by atoms with E-state index in [1.54, 1.807) is 97.4 Å². The van der Waals surface area contributed by atoms with Crippen molar-refractivity contribution in [3.05, 3.63) is 112 Å². The summed E-state index contributed by atoms with van der Waals surface area (Å²) in [4.78, 5) is 46.1. The number of aryl methyl sites for hydroxylation is 1. The quantitative estimate of drug-likeness (QED) is 0.258. The van der Waals surface area contributed by atoms with Gasteiger partial charge in [-0.25, -0.2) is 4.98 Å². The van der Waals surface area contributed by atoms with Crippen molar-refractivity contribution >= 4 is 22.8 Å². The number of alkyl halides is 3. The lowest BCUT2D eigenvalue weighted by Gasteiger charge is -2.55. The van der Waals surface area contributed by atoms with Crippen LogP contribution in [0.15, 0.2) is 90.0 Å². The van der Waals surface area contributed by atoms with Gasteiger partial charge < -0.3 is 9.67 Å². The molecule has 3 heterocycles. The highest BCUT2D eigenvalue weighted by Gasteiger charge is 2.60. The molecule has 1 saturated carbocycles. The van der Waals surface area contributed by atoms with Crippen LogP contribution in [0.2, 0.25) is 0 Å². The molecule has 2 aromatic heterocycles. The Morgan fingerprint density at radius 2 is 1.42 bits per heavy atom. The van der Waals surface area contributed by atoms with E-state index in [9.17, 15) is 32.7 Å². The molecule has 2 aliphatic rings. The topological polar surface area (TPSA) is 97.4 Å². The van der Waals surface area contributed by atoms with Crippen molar-refractivity contribution in [1.82, 2.24) is 19.0 Å². The van der Waals surface area contributed by atoms with Gasteiger partial charge in [-0.2, -0.15) is 13.2 Å². The van der Waals surface area contributed by atoms with Crippen LogP contribution in [0.4, 0.5) is 13.2 Å². The second-order valence-corrected chi connectivity index (χ2v) is 12.1. The van der Waals surface area contributed by atoms with E-state index in [2.05, 4.69) is 4.98 Å². The van der Waals surface area contributed by atoms with Gasteiger partial charge in [0.1, 0.15) is 18.5 Å². The van der Waals surface area contributed by atoms with Crippen LogP contribution < -0.4 is 5.56 Å². The van der Waals surface area contributed by atoms with E-state index in [0.29, 0.717) is 43.6 Å². The monoisotopic (exact) mass is 612 g/mol. The molecule has 7 rings (SSSR count). The van der Waals surface area contributed by atoms with Crippen LogP contribution in [0.25, 0.3) is 33.4 Å². The molecule has 228 valence electrons. The fraction of sp³-hybridized carbons (Fsp3) is 0.235. The molecule has 3 aromatic carbocycles. The molecule has 0 unspecified atom stereocenters. The predicted octanol–water partition coefficient (Wildman–Crippen LogP) is 5.67. The Morgan fingerprint density at radius 3 is 1.98 bits per heavy atom. The molecule has 1 N–H and O–H groups in total. The number of aromatic nitrogens is 3. The molecule has 8 nitrogen and oxygen atoms in total. The van der Waals surface area contributed by atoms with Crippen molar-refractivity contribution in [1.29, 1.82) is 0 Å². The second-order valence-electron chi connectivity index (χ2n) is 12.1. The molecule has 11 heteroatoms. The third-order valence-electron chi connectivity index (χ3n) is 8.83. The molecule has 0 saturated heterocycles. The van der Waals surface area contributed by atoms with E-state index < -0.39 is 41.2 Å². The van der Waals surface area contributed by atoms with Gasteiger partial charge in [0, 0.05) is 25.5 Å². The first-order valence-corrected chi connectivity index (χ1v) is 14.3.